The molecule has 0 saturated carbocycles. The third-order valence-corrected chi connectivity index (χ3v) is 6.26. The summed E-state index contributed by atoms with van der Waals surface area (Å²) in [5.74, 6) is 2.62. The zero-order valence-corrected chi connectivity index (χ0v) is 15.0. The molecule has 134 valence electrons. The zero-order valence-electron chi connectivity index (χ0n) is 15.0. The van der Waals surface area contributed by atoms with Gasteiger partial charge < -0.3 is 4.90 Å². The minimum Gasteiger partial charge on any atom is -0.359 e. The van der Waals surface area contributed by atoms with Gasteiger partial charge in [-0.1, -0.05) is 37.6 Å². The number of nitrogens with one attached hydrogen (secondary N) is 1. The predicted molar refractivity (Wildman–Crippen MR) is 101 cm³/mol. The number of imide groups is 1. The number of carbonyl (C=O) groups excluding carboxylic acids is 2. The molecule has 1 N–H and O–H groups in total. The number of rotatable bonds is 2. The van der Waals surface area contributed by atoms with Gasteiger partial charge in [0.25, 0.3) is 6.71 Å². The van der Waals surface area contributed by atoms with Crippen LogP contribution >= 0.6 is 0 Å². The highest BCUT2D eigenvalue weighted by atomic mass is 16.2. The van der Waals surface area contributed by atoms with Gasteiger partial charge in [0.1, 0.15) is 6.04 Å². The standard InChI is InChI=1S/C20H24BN3O2/c22-13-21-10-8-14(9-11-21)15-3-1-5-17-16(15)4-2-12-24(17)18-6-7-19(25)23-20(18)26/h1,3,5,14,18H,2,4,6-12H2,(H,23,25,26). The maximum absolute atomic E-state index is 12.4. The van der Waals surface area contributed by atoms with Crippen LogP contribution < -0.4 is 10.2 Å². The van der Waals surface area contributed by atoms with E-state index in [9.17, 15) is 9.59 Å². The Bertz CT molecular complexity index is 765. The van der Waals surface area contributed by atoms with Crippen molar-refractivity contribution in [2.45, 2.75) is 63.1 Å². The Morgan fingerprint density at radius 2 is 1.96 bits per heavy atom. The molecule has 5 nitrogen and oxygen atoms in total. The highest BCUT2D eigenvalue weighted by Crippen LogP contribution is 2.40. The van der Waals surface area contributed by atoms with E-state index in [-0.39, 0.29) is 24.6 Å². The molecule has 0 bridgehead atoms. The van der Waals surface area contributed by atoms with Crippen molar-refractivity contribution in [2.75, 3.05) is 11.4 Å². The second-order valence-electron chi connectivity index (χ2n) is 7.79. The summed E-state index contributed by atoms with van der Waals surface area (Å²) >= 11 is 0. The summed E-state index contributed by atoms with van der Waals surface area (Å²) in [5.41, 5.74) is 3.96. The fourth-order valence-electron chi connectivity index (χ4n) is 4.90. The topological polar surface area (TPSA) is 73.2 Å². The highest BCUT2D eigenvalue weighted by Gasteiger charge is 2.35. The third-order valence-electron chi connectivity index (χ3n) is 6.26. The summed E-state index contributed by atoms with van der Waals surface area (Å²) in [4.78, 5) is 26.1. The molecule has 0 aliphatic carbocycles. The van der Waals surface area contributed by atoms with Crippen LogP contribution in [-0.4, -0.2) is 31.1 Å². The summed E-state index contributed by atoms with van der Waals surface area (Å²) in [6.07, 6.45) is 7.23. The molecule has 2 saturated heterocycles. The lowest BCUT2D eigenvalue weighted by Crippen LogP contribution is -2.54. The number of benzene rings is 1. The Labute approximate surface area is 154 Å². The van der Waals surface area contributed by atoms with Crippen molar-refractivity contribution in [1.82, 2.24) is 5.32 Å². The van der Waals surface area contributed by atoms with Crippen LogP contribution in [0.2, 0.25) is 12.6 Å². The summed E-state index contributed by atoms with van der Waals surface area (Å²) < 4.78 is 0. The normalized spacial score (nSPS) is 24.0. The summed E-state index contributed by atoms with van der Waals surface area (Å²) in [7, 11) is 0. The van der Waals surface area contributed by atoms with Gasteiger partial charge in [-0.25, -0.2) is 5.26 Å². The smallest absolute Gasteiger partial charge is 0.267 e. The van der Waals surface area contributed by atoms with Gasteiger partial charge in [0.15, 0.2) is 0 Å². The second-order valence-corrected chi connectivity index (χ2v) is 7.79. The van der Waals surface area contributed by atoms with E-state index >= 15 is 0 Å². The first-order valence-corrected chi connectivity index (χ1v) is 9.79. The van der Waals surface area contributed by atoms with Crippen LogP contribution in [0, 0.1) is 11.2 Å². The van der Waals surface area contributed by atoms with Gasteiger partial charge in [0.2, 0.25) is 11.8 Å². The molecule has 1 aromatic carbocycles. The lowest BCUT2D eigenvalue weighted by Gasteiger charge is -2.40. The summed E-state index contributed by atoms with van der Waals surface area (Å²) in [6.45, 7) is 1.08. The first-order valence-electron chi connectivity index (χ1n) is 9.79. The van der Waals surface area contributed by atoms with Gasteiger partial charge in [-0.2, -0.15) is 0 Å². The largest absolute Gasteiger partial charge is 0.359 e. The van der Waals surface area contributed by atoms with Crippen LogP contribution in [0.5, 0.6) is 0 Å². The Kier molecular flexibility index (Phi) is 4.71. The molecule has 1 atom stereocenters. The van der Waals surface area contributed by atoms with Gasteiger partial charge >= 0.3 is 0 Å². The molecule has 0 aromatic heterocycles. The van der Waals surface area contributed by atoms with E-state index in [4.69, 9.17) is 5.26 Å². The maximum atomic E-state index is 12.4. The maximum Gasteiger partial charge on any atom is 0.267 e. The molecule has 1 unspecified atom stereocenters. The first kappa shape index (κ1) is 17.1. The highest BCUT2D eigenvalue weighted by molar-refractivity contribution is 6.67. The SMILES string of the molecule is N#CB1CCC(c2cccc3c2CCCN3C2CCC(=O)NC2=O)CC1. The minimum atomic E-state index is -0.240. The van der Waals surface area contributed by atoms with E-state index in [1.807, 2.05) is 0 Å². The van der Waals surface area contributed by atoms with Crippen molar-refractivity contribution in [3.63, 3.8) is 0 Å². The lowest BCUT2D eigenvalue weighted by molar-refractivity contribution is -0.134. The minimum absolute atomic E-state index is 0.158. The van der Waals surface area contributed by atoms with Crippen LogP contribution in [0.1, 0.15) is 49.1 Å². The van der Waals surface area contributed by atoms with Crippen LogP contribution in [0.25, 0.3) is 0 Å². The van der Waals surface area contributed by atoms with Crippen LogP contribution in [-0.2, 0) is 16.0 Å². The quantitative estimate of drug-likeness (QED) is 0.658. The molecule has 0 radical (unpaired) electrons. The Balaban J connectivity index is 1.61. The number of anilines is 1. The third kappa shape index (κ3) is 3.11. The van der Waals surface area contributed by atoms with E-state index in [0.29, 0.717) is 18.8 Å². The average Bonchev–Trinajstić information content (AvgIpc) is 2.67. The Hall–Kier alpha value is -2.29. The molecule has 26 heavy (non-hydrogen) atoms. The van der Waals surface area contributed by atoms with E-state index in [1.54, 1.807) is 0 Å². The predicted octanol–water partition coefficient (Wildman–Crippen LogP) is 2.68. The van der Waals surface area contributed by atoms with Crippen molar-refractivity contribution < 1.29 is 9.59 Å². The molecule has 6 heteroatoms. The Morgan fingerprint density at radius 1 is 1.15 bits per heavy atom. The molecular formula is C20H24BN3O2. The Morgan fingerprint density at radius 3 is 2.69 bits per heavy atom. The number of hydrogen-bond donors (Lipinski definition) is 1. The molecule has 3 heterocycles. The molecule has 3 aliphatic heterocycles. The molecule has 3 aliphatic rings. The fourth-order valence-corrected chi connectivity index (χ4v) is 4.90. The number of carbonyl (C=O) groups is 2. The van der Waals surface area contributed by atoms with E-state index < -0.39 is 0 Å². The van der Waals surface area contributed by atoms with Gasteiger partial charge in [-0.05, 0) is 42.4 Å². The molecule has 2 fully saturated rings. The van der Waals surface area contributed by atoms with Gasteiger partial charge in [0, 0.05) is 24.6 Å². The monoisotopic (exact) mass is 349 g/mol. The number of amides is 2. The lowest BCUT2D eigenvalue weighted by atomic mass is 9.41. The number of nitrogens with zero attached hydrogens (tertiary/aromatic N) is 2. The van der Waals surface area contributed by atoms with Gasteiger partial charge in [-0.15, -0.1) is 0 Å². The number of hydrogen-bond acceptors (Lipinski definition) is 4. The van der Waals surface area contributed by atoms with E-state index in [2.05, 4.69) is 34.4 Å². The summed E-state index contributed by atoms with van der Waals surface area (Å²) in [6, 6.07) is 6.23. The second kappa shape index (κ2) is 7.15. The molecular weight excluding hydrogens is 325 g/mol. The molecule has 1 aromatic rings. The summed E-state index contributed by atoms with van der Waals surface area (Å²) in [5, 5.41) is 11.6. The van der Waals surface area contributed by atoms with E-state index in [1.165, 1.54) is 16.8 Å². The van der Waals surface area contributed by atoms with Crippen molar-refractivity contribution in [3.8, 4) is 5.97 Å². The zero-order chi connectivity index (χ0) is 18.1. The van der Waals surface area contributed by atoms with Crippen molar-refractivity contribution >= 4 is 24.2 Å². The number of piperidine rings is 1. The number of fused-ring (bicyclic) bond motifs is 1. The average molecular weight is 349 g/mol. The molecule has 2 amide bonds. The molecule has 4 rings (SSSR count). The van der Waals surface area contributed by atoms with Crippen molar-refractivity contribution in [1.29, 1.82) is 5.26 Å². The fraction of sp³-hybridized carbons (Fsp3) is 0.550. The van der Waals surface area contributed by atoms with Crippen molar-refractivity contribution in [3.05, 3.63) is 29.3 Å². The van der Waals surface area contributed by atoms with Crippen molar-refractivity contribution in [2.24, 2.45) is 0 Å². The van der Waals surface area contributed by atoms with Gasteiger partial charge in [0.05, 0.1) is 0 Å². The van der Waals surface area contributed by atoms with Crippen LogP contribution in [0.4, 0.5) is 5.69 Å². The first-order chi connectivity index (χ1) is 12.7. The molecule has 0 spiro atoms. The van der Waals surface area contributed by atoms with Gasteiger partial charge in [-0.3, -0.25) is 14.9 Å². The van der Waals surface area contributed by atoms with Crippen LogP contribution in [0.3, 0.4) is 0 Å². The number of nitriles is 1. The van der Waals surface area contributed by atoms with E-state index in [0.717, 1.165) is 44.9 Å². The van der Waals surface area contributed by atoms with Crippen LogP contribution in [0.15, 0.2) is 18.2 Å².